The molecule has 0 spiro atoms. The average Bonchev–Trinajstić information content (AvgIpc) is 2.31. The number of allylic oxidation sites excluding steroid dienone is 2. The van der Waals surface area contributed by atoms with Gasteiger partial charge in [-0.2, -0.15) is 0 Å². The Labute approximate surface area is 106 Å². The van der Waals surface area contributed by atoms with Gasteiger partial charge in [-0.1, -0.05) is 26.5 Å². The van der Waals surface area contributed by atoms with E-state index < -0.39 is 0 Å². The van der Waals surface area contributed by atoms with Crippen LogP contribution >= 0.6 is 0 Å². The fraction of sp³-hybridized carbons (Fsp3) is 0.643. The molecule has 3 heteroatoms. The number of likely N-dealkylation sites (N-methyl/N-ethyl adjacent to an activating group) is 1. The third kappa shape index (κ3) is 7.88. The predicted molar refractivity (Wildman–Crippen MR) is 77.4 cm³/mol. The largest absolute Gasteiger partial charge is 0.327 e. The van der Waals surface area contributed by atoms with Crippen LogP contribution in [0.15, 0.2) is 28.9 Å². The van der Waals surface area contributed by atoms with Gasteiger partial charge in [-0.15, -0.1) is 0 Å². The second kappa shape index (κ2) is 9.14. The van der Waals surface area contributed by atoms with Crippen LogP contribution in [0.5, 0.6) is 0 Å². The molecule has 2 N–H and O–H groups in total. The van der Waals surface area contributed by atoms with Gasteiger partial charge in [0.2, 0.25) is 0 Å². The summed E-state index contributed by atoms with van der Waals surface area (Å²) in [5.74, 6) is 0. The SMILES string of the molecule is C=C(C=N/C(=C\C)CN(CC)CC(C)N)CC. The monoisotopic (exact) mass is 237 g/mol. The van der Waals surface area contributed by atoms with Crippen molar-refractivity contribution in [2.24, 2.45) is 10.7 Å². The smallest absolute Gasteiger partial charge is 0.0501 e. The summed E-state index contributed by atoms with van der Waals surface area (Å²) < 4.78 is 0. The van der Waals surface area contributed by atoms with Gasteiger partial charge < -0.3 is 5.73 Å². The van der Waals surface area contributed by atoms with Crippen LogP contribution in [0.4, 0.5) is 0 Å². The number of hydrogen-bond donors (Lipinski definition) is 1. The molecule has 0 radical (unpaired) electrons. The van der Waals surface area contributed by atoms with Gasteiger partial charge in [-0.25, -0.2) is 0 Å². The minimum atomic E-state index is 0.197. The van der Waals surface area contributed by atoms with Crippen molar-refractivity contribution in [1.29, 1.82) is 0 Å². The molecule has 98 valence electrons. The molecule has 1 unspecified atom stereocenters. The van der Waals surface area contributed by atoms with E-state index in [9.17, 15) is 0 Å². The molecule has 0 aliphatic heterocycles. The number of rotatable bonds is 8. The lowest BCUT2D eigenvalue weighted by Crippen LogP contribution is -2.36. The molecule has 1 atom stereocenters. The summed E-state index contributed by atoms with van der Waals surface area (Å²) in [6.45, 7) is 14.9. The second-order valence-corrected chi connectivity index (χ2v) is 4.36. The second-order valence-electron chi connectivity index (χ2n) is 4.36. The van der Waals surface area contributed by atoms with E-state index in [1.54, 1.807) is 0 Å². The third-order valence-electron chi connectivity index (χ3n) is 2.58. The Morgan fingerprint density at radius 3 is 2.53 bits per heavy atom. The third-order valence-corrected chi connectivity index (χ3v) is 2.58. The molecule has 0 aromatic rings. The summed E-state index contributed by atoms with van der Waals surface area (Å²) in [4.78, 5) is 6.76. The Morgan fingerprint density at radius 2 is 2.12 bits per heavy atom. The molecule has 17 heavy (non-hydrogen) atoms. The molecular formula is C14H27N3. The van der Waals surface area contributed by atoms with Crippen molar-refractivity contribution in [3.8, 4) is 0 Å². The van der Waals surface area contributed by atoms with Crippen molar-refractivity contribution in [1.82, 2.24) is 4.90 Å². The lowest BCUT2D eigenvalue weighted by atomic mass is 10.2. The number of nitrogens with zero attached hydrogens (tertiary/aromatic N) is 2. The van der Waals surface area contributed by atoms with Crippen molar-refractivity contribution < 1.29 is 0 Å². The van der Waals surface area contributed by atoms with E-state index in [0.29, 0.717) is 0 Å². The summed E-state index contributed by atoms with van der Waals surface area (Å²) in [6, 6.07) is 0.197. The van der Waals surface area contributed by atoms with Gasteiger partial charge in [0.25, 0.3) is 0 Å². The molecule has 0 rings (SSSR count). The van der Waals surface area contributed by atoms with Gasteiger partial charge in [-0.3, -0.25) is 9.89 Å². The first-order valence-corrected chi connectivity index (χ1v) is 6.38. The van der Waals surface area contributed by atoms with Gasteiger partial charge in [0.15, 0.2) is 0 Å². The standard InChI is InChI=1S/C14H27N3/c1-6-12(4)9-16-14(7-2)11-17(8-3)10-13(5)15/h7,9,13H,4,6,8,10-11,15H2,1-3,5H3/b14-7-,16-9?. The van der Waals surface area contributed by atoms with Crippen molar-refractivity contribution in [2.75, 3.05) is 19.6 Å². The Balaban J connectivity index is 4.38. The Bertz CT molecular complexity index is 277. The lowest BCUT2D eigenvalue weighted by Gasteiger charge is -2.22. The normalized spacial score (nSPS) is 14.6. The molecule has 0 aromatic carbocycles. The summed E-state index contributed by atoms with van der Waals surface area (Å²) in [7, 11) is 0. The van der Waals surface area contributed by atoms with Gasteiger partial charge in [-0.05, 0) is 32.4 Å². The maximum absolute atomic E-state index is 5.82. The summed E-state index contributed by atoms with van der Waals surface area (Å²) in [6.07, 6.45) is 4.84. The molecule has 0 saturated heterocycles. The molecule has 0 saturated carbocycles. The molecule has 0 aliphatic carbocycles. The molecule has 0 bridgehead atoms. The van der Waals surface area contributed by atoms with Gasteiger partial charge in [0.1, 0.15) is 0 Å². The van der Waals surface area contributed by atoms with Gasteiger partial charge in [0.05, 0.1) is 5.70 Å². The molecule has 0 amide bonds. The first-order valence-electron chi connectivity index (χ1n) is 6.38. The quantitative estimate of drug-likeness (QED) is 0.659. The number of aliphatic imine (C=N–C) groups is 1. The molecule has 0 heterocycles. The topological polar surface area (TPSA) is 41.6 Å². The van der Waals surface area contributed by atoms with Crippen LogP contribution in [0.25, 0.3) is 0 Å². The van der Waals surface area contributed by atoms with E-state index in [-0.39, 0.29) is 6.04 Å². The highest BCUT2D eigenvalue weighted by Crippen LogP contribution is 2.03. The van der Waals surface area contributed by atoms with Crippen molar-refractivity contribution in [3.05, 3.63) is 23.9 Å². The summed E-state index contributed by atoms with van der Waals surface area (Å²) >= 11 is 0. The Kier molecular flexibility index (Phi) is 8.64. The minimum absolute atomic E-state index is 0.197. The van der Waals surface area contributed by atoms with Gasteiger partial charge in [0, 0.05) is 25.3 Å². The van der Waals surface area contributed by atoms with Crippen molar-refractivity contribution in [3.63, 3.8) is 0 Å². The van der Waals surface area contributed by atoms with Crippen LogP contribution in [0.1, 0.15) is 34.1 Å². The first kappa shape index (κ1) is 16.1. The van der Waals surface area contributed by atoms with Gasteiger partial charge >= 0.3 is 0 Å². The van der Waals surface area contributed by atoms with Crippen LogP contribution in [-0.2, 0) is 0 Å². The fourth-order valence-corrected chi connectivity index (χ4v) is 1.41. The first-order chi connectivity index (χ1) is 8.03. The van der Waals surface area contributed by atoms with E-state index >= 15 is 0 Å². The van der Waals surface area contributed by atoms with Crippen LogP contribution in [0.3, 0.4) is 0 Å². The average molecular weight is 237 g/mol. The van der Waals surface area contributed by atoms with E-state index in [1.165, 1.54) is 0 Å². The zero-order chi connectivity index (χ0) is 13.3. The minimum Gasteiger partial charge on any atom is -0.327 e. The van der Waals surface area contributed by atoms with Crippen LogP contribution in [-0.4, -0.2) is 36.8 Å². The number of nitrogens with two attached hydrogens (primary N) is 1. The van der Waals surface area contributed by atoms with Crippen LogP contribution in [0, 0.1) is 0 Å². The zero-order valence-electron chi connectivity index (χ0n) is 11.7. The molecule has 0 fully saturated rings. The van der Waals surface area contributed by atoms with Crippen molar-refractivity contribution in [2.45, 2.75) is 40.2 Å². The highest BCUT2D eigenvalue weighted by Gasteiger charge is 2.06. The van der Waals surface area contributed by atoms with Crippen molar-refractivity contribution >= 4 is 6.21 Å². The lowest BCUT2D eigenvalue weighted by molar-refractivity contribution is 0.296. The summed E-state index contributed by atoms with van der Waals surface area (Å²) in [5, 5.41) is 0. The Hall–Kier alpha value is -0.930. The van der Waals surface area contributed by atoms with E-state index in [2.05, 4.69) is 30.3 Å². The zero-order valence-corrected chi connectivity index (χ0v) is 11.7. The van der Waals surface area contributed by atoms with Crippen LogP contribution in [0.2, 0.25) is 0 Å². The predicted octanol–water partition coefficient (Wildman–Crippen LogP) is 2.60. The van der Waals surface area contributed by atoms with E-state index in [0.717, 1.165) is 37.3 Å². The Morgan fingerprint density at radius 1 is 1.47 bits per heavy atom. The summed E-state index contributed by atoms with van der Waals surface area (Å²) in [5.41, 5.74) is 7.94. The highest BCUT2D eigenvalue weighted by molar-refractivity contribution is 5.78. The maximum Gasteiger partial charge on any atom is 0.0501 e. The van der Waals surface area contributed by atoms with E-state index in [1.807, 2.05) is 26.1 Å². The molecule has 0 aromatic heterocycles. The highest BCUT2D eigenvalue weighted by atomic mass is 15.1. The fourth-order valence-electron chi connectivity index (χ4n) is 1.41. The molecule has 0 aliphatic rings. The van der Waals surface area contributed by atoms with Crippen LogP contribution < -0.4 is 5.73 Å². The maximum atomic E-state index is 5.82. The molecular weight excluding hydrogens is 210 g/mol. The molecule has 3 nitrogen and oxygen atoms in total. The van der Waals surface area contributed by atoms with E-state index in [4.69, 9.17) is 5.73 Å². The number of hydrogen-bond acceptors (Lipinski definition) is 3.